The Labute approximate surface area is 96.2 Å². The van der Waals surface area contributed by atoms with E-state index in [1.165, 1.54) is 24.3 Å². The van der Waals surface area contributed by atoms with E-state index in [0.29, 0.717) is 15.6 Å². The first-order valence-electron chi connectivity index (χ1n) is 3.84. The smallest absolute Gasteiger partial charge is 0.346 e. The van der Waals surface area contributed by atoms with Crippen LogP contribution in [0, 0.1) is 11.3 Å². The predicted molar refractivity (Wildman–Crippen MR) is 57.7 cm³/mol. The van der Waals surface area contributed by atoms with Crippen molar-refractivity contribution in [3.63, 3.8) is 0 Å². The van der Waals surface area contributed by atoms with E-state index in [-0.39, 0.29) is 5.57 Å². The molecule has 15 heavy (non-hydrogen) atoms. The average molecular weight is 242 g/mol. The van der Waals surface area contributed by atoms with Gasteiger partial charge in [0.25, 0.3) is 0 Å². The van der Waals surface area contributed by atoms with E-state index < -0.39 is 5.97 Å². The Bertz CT molecular complexity index is 455. The minimum Gasteiger partial charge on any atom is -0.477 e. The summed E-state index contributed by atoms with van der Waals surface area (Å²) < 4.78 is 0. The van der Waals surface area contributed by atoms with Crippen molar-refractivity contribution < 1.29 is 9.90 Å². The second-order valence-electron chi connectivity index (χ2n) is 2.68. The highest BCUT2D eigenvalue weighted by Crippen LogP contribution is 2.20. The zero-order chi connectivity index (χ0) is 11.4. The normalized spacial score (nSPS) is 10.9. The zero-order valence-corrected chi connectivity index (χ0v) is 8.88. The van der Waals surface area contributed by atoms with Crippen LogP contribution in [0.2, 0.25) is 10.0 Å². The maximum atomic E-state index is 10.5. The summed E-state index contributed by atoms with van der Waals surface area (Å²) in [6.45, 7) is 0. The molecule has 0 bridgehead atoms. The molecule has 1 aromatic carbocycles. The molecule has 0 radical (unpaired) electrons. The molecule has 0 saturated heterocycles. The standard InChI is InChI=1S/C10H5Cl2NO2/c11-8-2-6(3-9(12)4-8)1-7(5-13)10(14)15/h1-4H,(H,14,15). The summed E-state index contributed by atoms with van der Waals surface area (Å²) in [6, 6.07) is 6.13. The molecule has 1 aromatic rings. The molecule has 3 nitrogen and oxygen atoms in total. The van der Waals surface area contributed by atoms with Crippen LogP contribution < -0.4 is 0 Å². The molecule has 0 amide bonds. The van der Waals surface area contributed by atoms with Crippen molar-refractivity contribution in [1.82, 2.24) is 0 Å². The number of nitriles is 1. The first kappa shape index (κ1) is 11.6. The van der Waals surface area contributed by atoms with E-state index in [9.17, 15) is 4.79 Å². The molecular weight excluding hydrogens is 237 g/mol. The minimum atomic E-state index is -1.28. The summed E-state index contributed by atoms with van der Waals surface area (Å²) in [4.78, 5) is 10.5. The maximum Gasteiger partial charge on any atom is 0.346 e. The number of hydrogen-bond acceptors (Lipinski definition) is 2. The molecule has 0 spiro atoms. The lowest BCUT2D eigenvalue weighted by Gasteiger charge is -1.97. The summed E-state index contributed by atoms with van der Waals surface area (Å²) in [7, 11) is 0. The summed E-state index contributed by atoms with van der Waals surface area (Å²) in [5, 5.41) is 17.9. The molecule has 0 heterocycles. The number of carboxylic acid groups (broad SMARTS) is 1. The molecular formula is C10H5Cl2NO2. The second-order valence-corrected chi connectivity index (χ2v) is 3.55. The van der Waals surface area contributed by atoms with Gasteiger partial charge in [-0.1, -0.05) is 23.2 Å². The SMILES string of the molecule is N#CC(=Cc1cc(Cl)cc(Cl)c1)C(=O)O. The molecule has 1 N–H and O–H groups in total. The van der Waals surface area contributed by atoms with Crippen LogP contribution in [0.4, 0.5) is 0 Å². The van der Waals surface area contributed by atoms with Gasteiger partial charge in [0.1, 0.15) is 11.6 Å². The quantitative estimate of drug-likeness (QED) is 0.640. The number of nitrogens with zero attached hydrogens (tertiary/aromatic N) is 1. The molecule has 0 aliphatic carbocycles. The Hall–Kier alpha value is -1.50. The molecule has 0 fully saturated rings. The Balaban J connectivity index is 3.18. The van der Waals surface area contributed by atoms with Crippen LogP contribution >= 0.6 is 23.2 Å². The van der Waals surface area contributed by atoms with Crippen LogP contribution in [0.3, 0.4) is 0 Å². The Morgan fingerprint density at radius 1 is 1.33 bits per heavy atom. The van der Waals surface area contributed by atoms with Gasteiger partial charge in [0.15, 0.2) is 0 Å². The monoisotopic (exact) mass is 241 g/mol. The molecule has 0 atom stereocenters. The van der Waals surface area contributed by atoms with Crippen LogP contribution in [0.5, 0.6) is 0 Å². The highest BCUT2D eigenvalue weighted by atomic mass is 35.5. The molecule has 0 aliphatic rings. The lowest BCUT2D eigenvalue weighted by molar-refractivity contribution is -0.132. The second kappa shape index (κ2) is 4.83. The Kier molecular flexibility index (Phi) is 3.73. The molecule has 76 valence electrons. The number of rotatable bonds is 2. The molecule has 1 rings (SSSR count). The van der Waals surface area contributed by atoms with Gasteiger partial charge >= 0.3 is 5.97 Å². The first-order chi connectivity index (χ1) is 7.02. The van der Waals surface area contributed by atoms with Gasteiger partial charge in [-0.2, -0.15) is 5.26 Å². The highest BCUT2D eigenvalue weighted by Gasteiger charge is 2.06. The van der Waals surface area contributed by atoms with Gasteiger partial charge in [-0.25, -0.2) is 4.79 Å². The lowest BCUT2D eigenvalue weighted by Crippen LogP contribution is -1.97. The van der Waals surface area contributed by atoms with E-state index in [0.717, 1.165) is 0 Å². The van der Waals surface area contributed by atoms with Crippen molar-refractivity contribution in [1.29, 1.82) is 5.26 Å². The van der Waals surface area contributed by atoms with Crippen LogP contribution in [0.25, 0.3) is 6.08 Å². The van der Waals surface area contributed by atoms with Crippen LogP contribution in [0.15, 0.2) is 23.8 Å². The number of aliphatic carboxylic acids is 1. The maximum absolute atomic E-state index is 10.5. The van der Waals surface area contributed by atoms with E-state index in [1.54, 1.807) is 6.07 Å². The summed E-state index contributed by atoms with van der Waals surface area (Å²) >= 11 is 11.4. The van der Waals surface area contributed by atoms with Crippen LogP contribution in [-0.4, -0.2) is 11.1 Å². The van der Waals surface area contributed by atoms with Gasteiger partial charge in [-0.15, -0.1) is 0 Å². The Morgan fingerprint density at radius 3 is 2.27 bits per heavy atom. The first-order valence-corrected chi connectivity index (χ1v) is 4.59. The lowest BCUT2D eigenvalue weighted by atomic mass is 10.1. The predicted octanol–water partition coefficient (Wildman–Crippen LogP) is 2.98. The fourth-order valence-electron chi connectivity index (χ4n) is 0.967. The van der Waals surface area contributed by atoms with Gasteiger partial charge in [0, 0.05) is 10.0 Å². The van der Waals surface area contributed by atoms with Crippen molar-refractivity contribution >= 4 is 35.2 Å². The minimum absolute atomic E-state index is 0.367. The fourth-order valence-corrected chi connectivity index (χ4v) is 1.51. The highest BCUT2D eigenvalue weighted by molar-refractivity contribution is 6.34. The third-order valence-electron chi connectivity index (χ3n) is 1.55. The molecule has 5 heteroatoms. The van der Waals surface area contributed by atoms with Crippen molar-refractivity contribution in [3.05, 3.63) is 39.4 Å². The number of benzene rings is 1. The number of carboxylic acids is 1. The van der Waals surface area contributed by atoms with Gasteiger partial charge in [0.2, 0.25) is 0 Å². The third kappa shape index (κ3) is 3.28. The van der Waals surface area contributed by atoms with E-state index >= 15 is 0 Å². The van der Waals surface area contributed by atoms with Gasteiger partial charge in [0.05, 0.1) is 0 Å². The van der Waals surface area contributed by atoms with E-state index in [4.69, 9.17) is 33.6 Å². The fraction of sp³-hybridized carbons (Fsp3) is 0. The summed E-state index contributed by atoms with van der Waals surface area (Å²) in [6.07, 6.45) is 1.21. The topological polar surface area (TPSA) is 61.1 Å². The van der Waals surface area contributed by atoms with E-state index in [1.807, 2.05) is 0 Å². The third-order valence-corrected chi connectivity index (χ3v) is 1.98. The van der Waals surface area contributed by atoms with Gasteiger partial charge in [-0.05, 0) is 29.8 Å². The van der Waals surface area contributed by atoms with E-state index in [2.05, 4.69) is 0 Å². The van der Waals surface area contributed by atoms with Crippen molar-refractivity contribution in [2.24, 2.45) is 0 Å². The van der Waals surface area contributed by atoms with Crippen molar-refractivity contribution in [2.45, 2.75) is 0 Å². The number of hydrogen-bond donors (Lipinski definition) is 1. The number of carbonyl (C=O) groups is 1. The number of halogens is 2. The largest absolute Gasteiger partial charge is 0.477 e. The van der Waals surface area contributed by atoms with Gasteiger partial charge in [-0.3, -0.25) is 0 Å². The Morgan fingerprint density at radius 2 is 1.87 bits per heavy atom. The van der Waals surface area contributed by atoms with Crippen LogP contribution in [-0.2, 0) is 4.79 Å². The molecule has 0 saturated carbocycles. The molecule has 0 aliphatic heterocycles. The molecule has 0 unspecified atom stereocenters. The summed E-state index contributed by atoms with van der Waals surface area (Å²) in [5.41, 5.74) is 0.111. The zero-order valence-electron chi connectivity index (χ0n) is 7.37. The van der Waals surface area contributed by atoms with Crippen molar-refractivity contribution in [2.75, 3.05) is 0 Å². The van der Waals surface area contributed by atoms with Crippen LogP contribution in [0.1, 0.15) is 5.56 Å². The molecule has 0 aromatic heterocycles. The van der Waals surface area contributed by atoms with Gasteiger partial charge < -0.3 is 5.11 Å². The average Bonchev–Trinajstić information content (AvgIpc) is 2.12. The summed E-state index contributed by atoms with van der Waals surface area (Å²) in [5.74, 6) is -1.28. The van der Waals surface area contributed by atoms with Crippen molar-refractivity contribution in [3.8, 4) is 6.07 Å².